The van der Waals surface area contributed by atoms with E-state index in [-0.39, 0.29) is 11.7 Å². The monoisotopic (exact) mass is 460 g/mol. The molecule has 1 aliphatic rings. The number of halogens is 2. The van der Waals surface area contributed by atoms with Gasteiger partial charge in [-0.15, -0.1) is 0 Å². The van der Waals surface area contributed by atoms with Crippen LogP contribution in [0.2, 0.25) is 28.2 Å². The molecular formula is C22H38Cl2N2O2Si. The molecule has 0 aromatic carbocycles. The van der Waals surface area contributed by atoms with Crippen LogP contribution < -0.4 is 5.32 Å². The lowest BCUT2D eigenvalue weighted by Crippen LogP contribution is -2.43. The SMILES string of the molecule is CC[Si](CC)(CC)OC(CNCC1CC(OC(C)(C)C)C1)c1c(Cl)cncc1Cl. The third kappa shape index (κ3) is 7.18. The summed E-state index contributed by atoms with van der Waals surface area (Å²) in [5, 5.41) is 4.79. The van der Waals surface area contributed by atoms with Crippen molar-refractivity contribution in [2.24, 2.45) is 5.92 Å². The minimum absolute atomic E-state index is 0.0642. The number of pyridine rings is 1. The lowest BCUT2D eigenvalue weighted by atomic mass is 9.82. The Morgan fingerprint density at radius 2 is 1.66 bits per heavy atom. The lowest BCUT2D eigenvalue weighted by Gasteiger charge is -2.40. The average Bonchev–Trinajstić information content (AvgIpc) is 2.62. The van der Waals surface area contributed by atoms with Gasteiger partial charge in [-0.05, 0) is 64.2 Å². The summed E-state index contributed by atoms with van der Waals surface area (Å²) in [6.45, 7) is 14.7. The zero-order chi connectivity index (χ0) is 21.7. The molecule has 7 heteroatoms. The predicted octanol–water partition coefficient (Wildman–Crippen LogP) is 6.63. The average molecular weight is 462 g/mol. The van der Waals surface area contributed by atoms with Crippen molar-refractivity contribution in [3.05, 3.63) is 28.0 Å². The van der Waals surface area contributed by atoms with Gasteiger partial charge in [0.25, 0.3) is 0 Å². The molecule has 0 bridgehead atoms. The summed E-state index contributed by atoms with van der Waals surface area (Å²) in [5.41, 5.74) is 0.802. The van der Waals surface area contributed by atoms with Crippen LogP contribution in [0, 0.1) is 5.92 Å². The summed E-state index contributed by atoms with van der Waals surface area (Å²) in [7, 11) is -1.82. The molecule has 1 saturated carbocycles. The highest BCUT2D eigenvalue weighted by atomic mass is 35.5. The second-order valence-electron chi connectivity index (χ2n) is 9.21. The molecule has 0 amide bonds. The van der Waals surface area contributed by atoms with Crippen molar-refractivity contribution in [3.8, 4) is 0 Å². The van der Waals surface area contributed by atoms with Gasteiger partial charge in [-0.2, -0.15) is 0 Å². The summed E-state index contributed by atoms with van der Waals surface area (Å²) in [6.07, 6.45) is 5.79. The van der Waals surface area contributed by atoms with Gasteiger partial charge < -0.3 is 14.5 Å². The first kappa shape index (κ1) is 25.1. The lowest BCUT2D eigenvalue weighted by molar-refractivity contribution is -0.111. The molecule has 0 radical (unpaired) electrons. The standard InChI is InChI=1S/C22H38Cl2N2O2Si/c1-7-29(8-2,9-3)28-20(21-18(23)13-26-14-19(21)24)15-25-12-16-10-17(11-16)27-22(4,5)6/h13-14,16-17,20,25H,7-12,15H2,1-6H3. The number of hydrogen-bond acceptors (Lipinski definition) is 4. The van der Waals surface area contributed by atoms with Crippen LogP contribution in [-0.2, 0) is 9.16 Å². The molecule has 1 N–H and O–H groups in total. The molecule has 0 spiro atoms. The smallest absolute Gasteiger partial charge is 0.192 e. The molecule has 1 aromatic heterocycles. The normalized spacial score (nSPS) is 21.1. The molecule has 1 aliphatic carbocycles. The zero-order valence-electron chi connectivity index (χ0n) is 18.9. The number of ether oxygens (including phenoxy) is 1. The van der Waals surface area contributed by atoms with Crippen molar-refractivity contribution in [2.45, 2.75) is 90.3 Å². The Balaban J connectivity index is 2.00. The van der Waals surface area contributed by atoms with Gasteiger partial charge in [-0.1, -0.05) is 44.0 Å². The second-order valence-corrected chi connectivity index (χ2v) is 14.8. The highest BCUT2D eigenvalue weighted by molar-refractivity contribution is 6.73. The van der Waals surface area contributed by atoms with Crippen molar-refractivity contribution < 1.29 is 9.16 Å². The van der Waals surface area contributed by atoms with E-state index >= 15 is 0 Å². The second kappa shape index (κ2) is 10.9. The molecule has 1 aromatic rings. The Morgan fingerprint density at radius 3 is 2.14 bits per heavy atom. The summed E-state index contributed by atoms with van der Waals surface area (Å²) >= 11 is 13.0. The molecule has 0 aliphatic heterocycles. The fourth-order valence-corrected chi connectivity index (χ4v) is 7.50. The van der Waals surface area contributed by atoms with Crippen molar-refractivity contribution in [3.63, 3.8) is 0 Å². The van der Waals surface area contributed by atoms with E-state index in [1.54, 1.807) is 12.4 Å². The topological polar surface area (TPSA) is 43.4 Å². The summed E-state index contributed by atoms with van der Waals surface area (Å²) < 4.78 is 12.9. The fraction of sp³-hybridized carbons (Fsp3) is 0.773. The Labute approximate surface area is 188 Å². The molecule has 0 saturated heterocycles. The highest BCUT2D eigenvalue weighted by Crippen LogP contribution is 2.37. The highest BCUT2D eigenvalue weighted by Gasteiger charge is 2.35. The van der Waals surface area contributed by atoms with Gasteiger partial charge >= 0.3 is 0 Å². The minimum Gasteiger partial charge on any atom is -0.409 e. The summed E-state index contributed by atoms with van der Waals surface area (Å²) in [4.78, 5) is 4.11. The molecule has 166 valence electrons. The van der Waals surface area contributed by atoms with E-state index in [2.05, 4.69) is 51.8 Å². The molecule has 2 rings (SSSR count). The van der Waals surface area contributed by atoms with Crippen LogP contribution >= 0.6 is 23.2 Å². The van der Waals surface area contributed by atoms with Crippen LogP contribution in [0.25, 0.3) is 0 Å². The van der Waals surface area contributed by atoms with E-state index in [1.165, 1.54) is 0 Å². The fourth-order valence-electron chi connectivity index (χ4n) is 4.09. The maximum absolute atomic E-state index is 6.81. The summed E-state index contributed by atoms with van der Waals surface area (Å²) in [5.74, 6) is 0.650. The quantitative estimate of drug-likeness (QED) is 0.376. The number of hydrogen-bond donors (Lipinski definition) is 1. The molecule has 1 atom stereocenters. The zero-order valence-corrected chi connectivity index (χ0v) is 21.4. The van der Waals surface area contributed by atoms with E-state index in [0.717, 1.165) is 43.1 Å². The Kier molecular flexibility index (Phi) is 9.45. The molecule has 1 unspecified atom stereocenters. The Hall–Kier alpha value is -0.173. The van der Waals surface area contributed by atoms with Gasteiger partial charge in [0.05, 0.1) is 27.9 Å². The first-order valence-electron chi connectivity index (χ1n) is 11.0. The predicted molar refractivity (Wildman–Crippen MR) is 125 cm³/mol. The van der Waals surface area contributed by atoms with E-state index in [1.807, 2.05) is 0 Å². The first-order valence-corrected chi connectivity index (χ1v) is 14.3. The van der Waals surface area contributed by atoms with Crippen LogP contribution in [0.4, 0.5) is 0 Å². The third-order valence-corrected chi connectivity index (χ3v) is 11.3. The van der Waals surface area contributed by atoms with Crippen LogP contribution in [-0.4, -0.2) is 38.1 Å². The van der Waals surface area contributed by atoms with Gasteiger partial charge in [-0.25, -0.2) is 0 Å². The van der Waals surface area contributed by atoms with E-state index in [0.29, 0.717) is 28.6 Å². The van der Waals surface area contributed by atoms with Gasteiger partial charge in [0.15, 0.2) is 8.32 Å². The number of aromatic nitrogens is 1. The van der Waals surface area contributed by atoms with Gasteiger partial charge in [0.2, 0.25) is 0 Å². The van der Waals surface area contributed by atoms with E-state index < -0.39 is 8.32 Å². The molecule has 4 nitrogen and oxygen atoms in total. The van der Waals surface area contributed by atoms with Gasteiger partial charge in [0, 0.05) is 24.5 Å². The van der Waals surface area contributed by atoms with Crippen molar-refractivity contribution in [1.29, 1.82) is 0 Å². The van der Waals surface area contributed by atoms with E-state index in [4.69, 9.17) is 32.4 Å². The van der Waals surface area contributed by atoms with Crippen molar-refractivity contribution >= 4 is 31.5 Å². The van der Waals surface area contributed by atoms with Crippen LogP contribution in [0.1, 0.15) is 66.1 Å². The van der Waals surface area contributed by atoms with Crippen LogP contribution in [0.5, 0.6) is 0 Å². The molecular weight excluding hydrogens is 423 g/mol. The van der Waals surface area contributed by atoms with Gasteiger partial charge in [0.1, 0.15) is 0 Å². The van der Waals surface area contributed by atoms with Crippen LogP contribution in [0.3, 0.4) is 0 Å². The van der Waals surface area contributed by atoms with E-state index in [9.17, 15) is 0 Å². The largest absolute Gasteiger partial charge is 0.409 e. The number of nitrogens with one attached hydrogen (secondary N) is 1. The molecule has 29 heavy (non-hydrogen) atoms. The Bertz CT molecular complexity index is 616. The van der Waals surface area contributed by atoms with Gasteiger partial charge in [-0.3, -0.25) is 4.98 Å². The first-order chi connectivity index (χ1) is 13.6. The maximum Gasteiger partial charge on any atom is 0.192 e. The molecule has 1 heterocycles. The minimum atomic E-state index is -1.82. The summed E-state index contributed by atoms with van der Waals surface area (Å²) in [6, 6.07) is 3.27. The number of nitrogens with zero attached hydrogens (tertiary/aromatic N) is 1. The number of rotatable bonds is 11. The Morgan fingerprint density at radius 1 is 1.10 bits per heavy atom. The van der Waals surface area contributed by atoms with Crippen molar-refractivity contribution in [1.82, 2.24) is 10.3 Å². The van der Waals surface area contributed by atoms with Crippen molar-refractivity contribution in [2.75, 3.05) is 13.1 Å². The molecule has 1 fully saturated rings. The van der Waals surface area contributed by atoms with Crippen LogP contribution in [0.15, 0.2) is 12.4 Å². The maximum atomic E-state index is 6.81. The third-order valence-electron chi connectivity index (χ3n) is 6.01.